The molecule has 178 valence electrons. The van der Waals surface area contributed by atoms with E-state index in [1.54, 1.807) is 0 Å². The van der Waals surface area contributed by atoms with Gasteiger partial charge in [-0.1, -0.05) is 26.2 Å². The van der Waals surface area contributed by atoms with Gasteiger partial charge in [-0.3, -0.25) is 0 Å². The second kappa shape index (κ2) is 16.9. The van der Waals surface area contributed by atoms with Crippen LogP contribution in [0.25, 0.3) is 0 Å². The Kier molecular flexibility index (Phi) is 16.0. The summed E-state index contributed by atoms with van der Waals surface area (Å²) in [6, 6.07) is -3.61. The van der Waals surface area contributed by atoms with Gasteiger partial charge in [-0.05, 0) is 0 Å². The summed E-state index contributed by atoms with van der Waals surface area (Å²) in [4.78, 5) is 59.3. The van der Waals surface area contributed by atoms with Gasteiger partial charge in [0.2, 0.25) is 0 Å². The maximum atomic E-state index is 12.8. The van der Waals surface area contributed by atoms with Gasteiger partial charge in [0.05, 0.1) is 0 Å². The summed E-state index contributed by atoms with van der Waals surface area (Å²) in [7, 11) is 0. The molecular formula is C21H34NNaO9. The van der Waals surface area contributed by atoms with Crippen LogP contribution in [0, 0.1) is 0 Å². The van der Waals surface area contributed by atoms with Crippen LogP contribution in [0.5, 0.6) is 0 Å². The second-order valence-corrected chi connectivity index (χ2v) is 9.55. The second-order valence-electron chi connectivity index (χ2n) is 8.16. The molecule has 0 aliphatic heterocycles. The first kappa shape index (κ1) is 30.4. The molecule has 0 aromatic carbocycles. The fourth-order valence-electron chi connectivity index (χ4n) is 3.52. The van der Waals surface area contributed by atoms with Gasteiger partial charge in [0, 0.05) is 0 Å². The van der Waals surface area contributed by atoms with Crippen molar-refractivity contribution < 1.29 is 44.4 Å². The molecule has 32 heavy (non-hydrogen) atoms. The molecule has 2 unspecified atom stereocenters. The van der Waals surface area contributed by atoms with E-state index in [4.69, 9.17) is 10.2 Å². The number of carbonyl (C=O) groups excluding carboxylic acids is 1. The molecule has 0 radical (unpaired) electrons. The third-order valence-electron chi connectivity index (χ3n) is 5.39. The van der Waals surface area contributed by atoms with E-state index < -0.39 is 57.9 Å². The van der Waals surface area contributed by atoms with Crippen molar-refractivity contribution in [2.45, 2.75) is 99.2 Å². The third-order valence-corrected chi connectivity index (χ3v) is 6.36. The van der Waals surface area contributed by atoms with Crippen molar-refractivity contribution in [2.24, 2.45) is 0 Å². The van der Waals surface area contributed by atoms with E-state index in [1.165, 1.54) is 19.3 Å². The van der Waals surface area contributed by atoms with Crippen molar-refractivity contribution in [2.75, 3.05) is 0 Å². The van der Waals surface area contributed by atoms with E-state index in [1.807, 2.05) is 0 Å². The molecule has 0 aliphatic carbocycles. The number of carboxylic acids is 4. The fourth-order valence-corrected chi connectivity index (χ4v) is 3.97. The molecule has 0 aromatic heterocycles. The van der Waals surface area contributed by atoms with Crippen molar-refractivity contribution in [3.63, 3.8) is 0 Å². The molecule has 0 rings (SSSR count). The molecule has 0 bridgehead atoms. The van der Waals surface area contributed by atoms with E-state index >= 15 is 0 Å². The molecule has 0 saturated carbocycles. The van der Waals surface area contributed by atoms with Crippen molar-refractivity contribution >= 4 is 57.7 Å². The number of aliphatic carboxylic acids is 4. The van der Waals surface area contributed by atoms with Crippen molar-refractivity contribution in [1.29, 1.82) is 0 Å². The molecule has 11 heteroatoms. The Labute approximate surface area is 205 Å². The molecule has 0 fully saturated rings. The van der Waals surface area contributed by atoms with E-state index in [2.05, 4.69) is 6.92 Å². The number of carbonyl (C=O) groups is 5. The van der Waals surface area contributed by atoms with E-state index in [0.29, 0.717) is 17.7 Å². The minimum absolute atomic E-state index is 0.0889. The maximum absolute atomic E-state index is 12.8. The van der Waals surface area contributed by atoms with Crippen LogP contribution in [0.1, 0.15) is 84.0 Å². The quantitative estimate of drug-likeness (QED) is 0.165. The van der Waals surface area contributed by atoms with Crippen molar-refractivity contribution in [3.8, 4) is 0 Å². The summed E-state index contributed by atoms with van der Waals surface area (Å²) < 4.78 is -1.03. The SMILES string of the molecule is CCCCCCCCCCCC(=O)N(C(CC(=O)O)C(=O)O)[C@@H](C[CH]([Na])C(=O)O)C(=O)O. The zero-order chi connectivity index (χ0) is 24.7. The van der Waals surface area contributed by atoms with Crippen LogP contribution in [-0.2, 0) is 24.0 Å². The van der Waals surface area contributed by atoms with Crippen LogP contribution in [-0.4, -0.2) is 95.1 Å². The van der Waals surface area contributed by atoms with Crippen LogP contribution in [0.2, 0.25) is 3.17 Å². The predicted octanol–water partition coefficient (Wildman–Crippen LogP) is 2.55. The van der Waals surface area contributed by atoms with Crippen LogP contribution in [0.3, 0.4) is 0 Å². The first-order valence-corrected chi connectivity index (χ1v) is 12.4. The zero-order valence-corrected chi connectivity index (χ0v) is 21.0. The number of hydrogen-bond donors (Lipinski definition) is 4. The third kappa shape index (κ3) is 12.4. The molecule has 0 aliphatic rings. The molecule has 0 heterocycles. The standard InChI is InChI=1S/C21H34NO9.Na/c1-2-3-4-5-6-7-8-9-10-11-17(23)22(16(21(30)31)14-19(26)27)15(20(28)29)12-13-18(24)25;/h13,15-16H,2-12,14H2,1H3,(H,24,25)(H,26,27)(H,28,29)(H,30,31);/t15-,16?;/m0./s1. The Morgan fingerprint density at radius 3 is 1.59 bits per heavy atom. The molecular weight excluding hydrogens is 433 g/mol. The van der Waals surface area contributed by atoms with E-state index in [-0.39, 0.29) is 34.4 Å². The summed E-state index contributed by atoms with van der Waals surface area (Å²) >= 11 is 0.0889. The van der Waals surface area contributed by atoms with Gasteiger partial charge in [0.1, 0.15) is 0 Å². The number of amides is 1. The van der Waals surface area contributed by atoms with Gasteiger partial charge in [-0.15, -0.1) is 0 Å². The van der Waals surface area contributed by atoms with Crippen molar-refractivity contribution in [1.82, 2.24) is 4.90 Å². The van der Waals surface area contributed by atoms with Gasteiger partial charge in [0.25, 0.3) is 0 Å². The molecule has 10 nitrogen and oxygen atoms in total. The summed E-state index contributed by atoms with van der Waals surface area (Å²) in [5.74, 6) is -6.71. The van der Waals surface area contributed by atoms with Crippen LogP contribution >= 0.6 is 0 Å². The molecule has 1 amide bonds. The average Bonchev–Trinajstić information content (AvgIpc) is 2.70. The number of rotatable bonds is 19. The predicted molar refractivity (Wildman–Crippen MR) is 116 cm³/mol. The summed E-state index contributed by atoms with van der Waals surface area (Å²) in [6.45, 7) is 2.14. The summed E-state index contributed by atoms with van der Waals surface area (Å²) in [5, 5.41) is 37.3. The first-order chi connectivity index (χ1) is 15.0. The minimum atomic E-state index is -1.89. The van der Waals surface area contributed by atoms with E-state index in [9.17, 15) is 34.2 Å². The first-order valence-electron chi connectivity index (χ1n) is 11.2. The fraction of sp³-hybridized carbons (Fsp3) is 0.762. The average molecular weight is 467 g/mol. The molecule has 0 aromatic rings. The Balaban J connectivity index is 5.22. The normalized spacial score (nSPS) is 13.7. The van der Waals surface area contributed by atoms with Crippen LogP contribution < -0.4 is 0 Å². The zero-order valence-electron chi connectivity index (χ0n) is 19.0. The summed E-state index contributed by atoms with van der Waals surface area (Å²) in [6.07, 6.45) is 7.28. The van der Waals surface area contributed by atoms with Gasteiger partial charge in [-0.2, -0.15) is 0 Å². The van der Waals surface area contributed by atoms with Gasteiger partial charge in [-0.25, -0.2) is 0 Å². The molecule has 0 saturated heterocycles. The van der Waals surface area contributed by atoms with Crippen molar-refractivity contribution in [3.05, 3.63) is 0 Å². The van der Waals surface area contributed by atoms with Crippen LogP contribution in [0.15, 0.2) is 0 Å². The Bertz CT molecular complexity index is 641. The van der Waals surface area contributed by atoms with Gasteiger partial charge >= 0.3 is 180 Å². The van der Waals surface area contributed by atoms with Gasteiger partial charge < -0.3 is 0 Å². The molecule has 4 N–H and O–H groups in total. The molecule has 3 atom stereocenters. The number of unbranched alkanes of at least 4 members (excludes halogenated alkanes) is 8. The van der Waals surface area contributed by atoms with Gasteiger partial charge in [0.15, 0.2) is 0 Å². The number of hydrogen-bond acceptors (Lipinski definition) is 5. The Hall–Kier alpha value is -1.65. The molecule has 0 spiro atoms. The van der Waals surface area contributed by atoms with E-state index in [0.717, 1.165) is 25.7 Å². The topological polar surface area (TPSA) is 170 Å². The number of nitrogens with zero attached hydrogens (tertiary/aromatic N) is 1. The Morgan fingerprint density at radius 2 is 1.19 bits per heavy atom. The number of carboxylic acid groups (broad SMARTS) is 4. The monoisotopic (exact) mass is 467 g/mol. The van der Waals surface area contributed by atoms with Crippen LogP contribution in [0.4, 0.5) is 0 Å². The Morgan fingerprint density at radius 1 is 0.719 bits per heavy atom. The summed E-state index contributed by atoms with van der Waals surface area (Å²) in [5.41, 5.74) is 0.